The number of carbonyl (C=O) groups excluding carboxylic acids is 1. The van der Waals surface area contributed by atoms with Crippen LogP contribution in [0.4, 0.5) is 19.0 Å². The number of halogens is 3. The Labute approximate surface area is 143 Å². The van der Waals surface area contributed by atoms with Crippen LogP contribution < -0.4 is 4.90 Å². The van der Waals surface area contributed by atoms with Gasteiger partial charge in [-0.3, -0.25) is 4.79 Å². The minimum absolute atomic E-state index is 0.0522. The van der Waals surface area contributed by atoms with Gasteiger partial charge >= 0.3 is 6.18 Å². The fourth-order valence-corrected chi connectivity index (χ4v) is 2.77. The van der Waals surface area contributed by atoms with Crippen molar-refractivity contribution in [2.45, 2.75) is 19.0 Å². The van der Waals surface area contributed by atoms with Crippen LogP contribution in [0, 0.1) is 0 Å². The highest BCUT2D eigenvalue weighted by molar-refractivity contribution is 5.76. The van der Waals surface area contributed by atoms with Crippen LogP contribution in [0.1, 0.15) is 17.7 Å². The molecule has 0 radical (unpaired) electrons. The summed E-state index contributed by atoms with van der Waals surface area (Å²) in [7, 11) is 0. The Morgan fingerprint density at radius 3 is 2.48 bits per heavy atom. The second-order valence-corrected chi connectivity index (χ2v) is 5.85. The third-order valence-corrected chi connectivity index (χ3v) is 4.20. The lowest BCUT2D eigenvalue weighted by molar-refractivity contribution is -0.137. The van der Waals surface area contributed by atoms with Gasteiger partial charge in [-0.15, -0.1) is 0 Å². The predicted molar refractivity (Wildman–Crippen MR) is 85.1 cm³/mol. The molecule has 1 amide bonds. The summed E-state index contributed by atoms with van der Waals surface area (Å²) in [6.07, 6.45) is -1.02. The quantitative estimate of drug-likeness (QED) is 0.848. The molecule has 0 aliphatic carbocycles. The number of amides is 1. The Kier molecular flexibility index (Phi) is 4.96. The largest absolute Gasteiger partial charge is 0.469 e. The lowest BCUT2D eigenvalue weighted by Gasteiger charge is -2.35. The summed E-state index contributed by atoms with van der Waals surface area (Å²) < 4.78 is 42.9. The zero-order valence-corrected chi connectivity index (χ0v) is 13.5. The first-order valence-corrected chi connectivity index (χ1v) is 8.02. The summed E-state index contributed by atoms with van der Waals surface area (Å²) in [5.41, 5.74) is -0.761. The Morgan fingerprint density at radius 1 is 1.16 bits per heavy atom. The molecule has 0 N–H and O–H groups in total. The summed E-state index contributed by atoms with van der Waals surface area (Å²) in [4.78, 5) is 19.8. The average molecular weight is 353 g/mol. The maximum absolute atomic E-state index is 12.6. The fourth-order valence-electron chi connectivity index (χ4n) is 2.77. The van der Waals surface area contributed by atoms with Gasteiger partial charge in [-0.25, -0.2) is 4.98 Å². The van der Waals surface area contributed by atoms with E-state index in [2.05, 4.69) is 4.98 Å². The fraction of sp³-hybridized carbons (Fsp3) is 0.412. The van der Waals surface area contributed by atoms with E-state index in [1.165, 1.54) is 6.07 Å². The summed E-state index contributed by atoms with van der Waals surface area (Å²) >= 11 is 0. The number of alkyl halides is 3. The van der Waals surface area contributed by atoms with E-state index in [-0.39, 0.29) is 5.91 Å². The number of rotatable bonds is 4. The van der Waals surface area contributed by atoms with Crippen molar-refractivity contribution in [3.05, 3.63) is 48.0 Å². The third kappa shape index (κ3) is 4.32. The number of aromatic nitrogens is 1. The zero-order chi connectivity index (χ0) is 17.9. The van der Waals surface area contributed by atoms with Crippen molar-refractivity contribution in [3.8, 4) is 0 Å². The molecule has 0 bridgehead atoms. The topological polar surface area (TPSA) is 49.6 Å². The van der Waals surface area contributed by atoms with Crippen molar-refractivity contribution in [2.75, 3.05) is 31.1 Å². The number of anilines is 1. The van der Waals surface area contributed by atoms with E-state index in [1.807, 2.05) is 11.0 Å². The van der Waals surface area contributed by atoms with Gasteiger partial charge in [-0.2, -0.15) is 13.2 Å². The van der Waals surface area contributed by atoms with E-state index in [1.54, 1.807) is 17.2 Å². The van der Waals surface area contributed by atoms with E-state index in [0.29, 0.717) is 44.8 Å². The number of carbonyl (C=O) groups is 1. The molecule has 25 heavy (non-hydrogen) atoms. The number of hydrogen-bond donors (Lipinski definition) is 0. The second kappa shape index (κ2) is 7.16. The summed E-state index contributed by atoms with van der Waals surface area (Å²) in [5, 5.41) is 0. The highest BCUT2D eigenvalue weighted by atomic mass is 19.4. The predicted octanol–water partition coefficient (Wildman–Crippen LogP) is 2.97. The lowest BCUT2D eigenvalue weighted by atomic mass is 10.2. The number of furan rings is 1. The lowest BCUT2D eigenvalue weighted by Crippen LogP contribution is -2.49. The molecular weight excluding hydrogens is 335 g/mol. The highest BCUT2D eigenvalue weighted by Gasteiger charge is 2.31. The first-order valence-electron chi connectivity index (χ1n) is 8.02. The van der Waals surface area contributed by atoms with E-state index in [4.69, 9.17) is 4.42 Å². The van der Waals surface area contributed by atoms with Gasteiger partial charge in [0.1, 0.15) is 11.6 Å². The van der Waals surface area contributed by atoms with Crippen LogP contribution in [-0.2, 0) is 17.4 Å². The zero-order valence-electron chi connectivity index (χ0n) is 13.5. The number of piperazine rings is 1. The van der Waals surface area contributed by atoms with Crippen molar-refractivity contribution >= 4 is 11.7 Å². The van der Waals surface area contributed by atoms with Crippen LogP contribution in [0.3, 0.4) is 0 Å². The molecule has 0 spiro atoms. The van der Waals surface area contributed by atoms with Crippen LogP contribution >= 0.6 is 0 Å². The van der Waals surface area contributed by atoms with Gasteiger partial charge in [0, 0.05) is 45.2 Å². The Bertz CT molecular complexity index is 691. The monoisotopic (exact) mass is 353 g/mol. The molecule has 134 valence electrons. The maximum atomic E-state index is 12.6. The van der Waals surface area contributed by atoms with Crippen LogP contribution in [-0.4, -0.2) is 42.0 Å². The van der Waals surface area contributed by atoms with Crippen molar-refractivity contribution in [1.82, 2.24) is 9.88 Å². The second-order valence-electron chi connectivity index (χ2n) is 5.85. The Hall–Kier alpha value is -2.51. The third-order valence-electron chi connectivity index (χ3n) is 4.20. The van der Waals surface area contributed by atoms with Gasteiger partial charge in [0.25, 0.3) is 0 Å². The van der Waals surface area contributed by atoms with Crippen molar-refractivity contribution < 1.29 is 22.4 Å². The Balaban J connectivity index is 1.50. The molecule has 1 aliphatic heterocycles. The molecule has 5 nitrogen and oxygen atoms in total. The summed E-state index contributed by atoms with van der Waals surface area (Å²) in [6, 6.07) is 6.03. The molecule has 0 aromatic carbocycles. The first kappa shape index (κ1) is 17.3. The molecule has 1 saturated heterocycles. The van der Waals surface area contributed by atoms with Crippen LogP contribution in [0.5, 0.6) is 0 Å². The molecule has 1 fully saturated rings. The summed E-state index contributed by atoms with van der Waals surface area (Å²) in [5.74, 6) is 1.33. The highest BCUT2D eigenvalue weighted by Crippen LogP contribution is 2.29. The smallest absolute Gasteiger partial charge is 0.417 e. The van der Waals surface area contributed by atoms with E-state index >= 15 is 0 Å². The molecule has 2 aromatic rings. The van der Waals surface area contributed by atoms with E-state index in [0.717, 1.165) is 18.0 Å². The molecule has 0 saturated carbocycles. The summed E-state index contributed by atoms with van der Waals surface area (Å²) in [6.45, 7) is 2.15. The molecule has 3 rings (SSSR count). The number of pyridine rings is 1. The van der Waals surface area contributed by atoms with Gasteiger partial charge in [-0.1, -0.05) is 0 Å². The van der Waals surface area contributed by atoms with E-state index < -0.39 is 11.7 Å². The van der Waals surface area contributed by atoms with Crippen LogP contribution in [0.25, 0.3) is 0 Å². The van der Waals surface area contributed by atoms with Gasteiger partial charge < -0.3 is 14.2 Å². The molecule has 2 aromatic heterocycles. The van der Waals surface area contributed by atoms with Gasteiger partial charge in [-0.05, 0) is 24.3 Å². The van der Waals surface area contributed by atoms with Crippen molar-refractivity contribution in [1.29, 1.82) is 0 Å². The Morgan fingerprint density at radius 2 is 1.92 bits per heavy atom. The number of nitrogens with zero attached hydrogens (tertiary/aromatic N) is 3. The van der Waals surface area contributed by atoms with Crippen molar-refractivity contribution in [2.24, 2.45) is 0 Å². The molecular formula is C17H18F3N3O2. The average Bonchev–Trinajstić information content (AvgIpc) is 3.13. The van der Waals surface area contributed by atoms with Gasteiger partial charge in [0.05, 0.1) is 11.8 Å². The van der Waals surface area contributed by atoms with Gasteiger partial charge in [0.2, 0.25) is 5.91 Å². The van der Waals surface area contributed by atoms with Crippen LogP contribution in [0.15, 0.2) is 41.1 Å². The normalized spacial score (nSPS) is 15.5. The van der Waals surface area contributed by atoms with Crippen molar-refractivity contribution in [3.63, 3.8) is 0 Å². The van der Waals surface area contributed by atoms with Gasteiger partial charge in [0.15, 0.2) is 0 Å². The minimum Gasteiger partial charge on any atom is -0.469 e. The molecule has 3 heterocycles. The minimum atomic E-state index is -4.38. The molecule has 0 unspecified atom stereocenters. The standard InChI is InChI=1S/C17H18F3N3O2/c18-17(19,20)13-3-5-15(21-12-13)22-7-9-23(10-8-22)16(24)6-4-14-2-1-11-25-14/h1-3,5,11-12H,4,6-10H2. The number of aryl methyl sites for hydroxylation is 1. The molecule has 1 aliphatic rings. The molecule has 0 atom stereocenters. The van der Waals surface area contributed by atoms with E-state index in [9.17, 15) is 18.0 Å². The first-order chi connectivity index (χ1) is 11.9. The molecule has 8 heteroatoms. The van der Waals surface area contributed by atoms with Crippen LogP contribution in [0.2, 0.25) is 0 Å². The maximum Gasteiger partial charge on any atom is 0.417 e. The SMILES string of the molecule is O=C(CCc1ccco1)N1CCN(c2ccc(C(F)(F)F)cn2)CC1. The number of hydrogen-bond acceptors (Lipinski definition) is 4.